The molecule has 0 fully saturated rings. The fraction of sp³-hybridized carbons (Fsp3) is 0.344. The van der Waals surface area contributed by atoms with Crippen LogP contribution >= 0.6 is 0 Å². The Kier molecular flexibility index (Phi) is 7.80. The van der Waals surface area contributed by atoms with E-state index in [2.05, 4.69) is 78.7 Å². The lowest BCUT2D eigenvalue weighted by atomic mass is 9.70. The van der Waals surface area contributed by atoms with Crippen molar-refractivity contribution in [2.75, 3.05) is 19.0 Å². The molecular weight excluding hydrogens is 446 g/mol. The molecule has 0 heterocycles. The van der Waals surface area contributed by atoms with Crippen molar-refractivity contribution in [3.63, 3.8) is 0 Å². The fourth-order valence-electron chi connectivity index (χ4n) is 4.81. The van der Waals surface area contributed by atoms with E-state index in [1.54, 1.807) is 30.3 Å². The number of nitrogens with zero attached hydrogens (tertiary/aromatic N) is 1. The molecule has 4 nitrogen and oxygen atoms in total. The van der Waals surface area contributed by atoms with Crippen LogP contribution in [0.4, 0.5) is 5.69 Å². The third-order valence-electron chi connectivity index (χ3n) is 6.31. The third kappa shape index (κ3) is 5.88. The van der Waals surface area contributed by atoms with Gasteiger partial charge in [0.2, 0.25) is 0 Å². The Hall–Kier alpha value is -3.37. The highest BCUT2D eigenvalue weighted by molar-refractivity contribution is 5.88. The number of aromatic carboxylic acids is 1. The third-order valence-corrected chi connectivity index (χ3v) is 6.31. The highest BCUT2D eigenvalue weighted by atomic mass is 16.4. The molecule has 3 rings (SSSR count). The van der Waals surface area contributed by atoms with Gasteiger partial charge < -0.3 is 15.1 Å². The normalized spacial score (nSPS) is 13.1. The molecule has 0 bridgehead atoms. The van der Waals surface area contributed by atoms with Crippen LogP contribution in [0.25, 0.3) is 17.2 Å². The Labute approximate surface area is 215 Å². The van der Waals surface area contributed by atoms with Gasteiger partial charge in [0, 0.05) is 25.3 Å². The average Bonchev–Trinajstić information content (AvgIpc) is 2.80. The monoisotopic (exact) mass is 485 g/mol. The van der Waals surface area contributed by atoms with Crippen LogP contribution in [0.2, 0.25) is 0 Å². The summed E-state index contributed by atoms with van der Waals surface area (Å²) in [6.07, 6.45) is 2.80. The number of aliphatic hydroxyl groups is 1. The molecule has 3 aromatic carbocycles. The zero-order chi connectivity index (χ0) is 26.8. The van der Waals surface area contributed by atoms with Crippen molar-refractivity contribution < 1.29 is 15.0 Å². The first kappa shape index (κ1) is 27.2. The second-order valence-corrected chi connectivity index (χ2v) is 11.6. The van der Waals surface area contributed by atoms with Gasteiger partial charge in [-0.05, 0) is 56.8 Å². The molecule has 0 saturated heterocycles. The van der Waals surface area contributed by atoms with Crippen LogP contribution in [0.1, 0.15) is 80.3 Å². The Morgan fingerprint density at radius 1 is 0.861 bits per heavy atom. The number of anilines is 1. The van der Waals surface area contributed by atoms with Gasteiger partial charge in [-0.15, -0.1) is 0 Å². The summed E-state index contributed by atoms with van der Waals surface area (Å²) in [7, 11) is 4.17. The molecule has 0 spiro atoms. The number of aliphatic hydroxyl groups excluding tert-OH is 1. The highest BCUT2D eigenvalue weighted by Crippen LogP contribution is 2.48. The molecule has 1 unspecified atom stereocenters. The zero-order valence-corrected chi connectivity index (χ0v) is 22.8. The molecule has 36 heavy (non-hydrogen) atoms. The largest absolute Gasteiger partial charge is 0.478 e. The first-order chi connectivity index (χ1) is 16.7. The molecule has 0 radical (unpaired) electrons. The van der Waals surface area contributed by atoms with Gasteiger partial charge in [-0.3, -0.25) is 0 Å². The smallest absolute Gasteiger partial charge is 0.335 e. The molecule has 1 atom stereocenters. The van der Waals surface area contributed by atoms with E-state index in [1.165, 1.54) is 11.3 Å². The van der Waals surface area contributed by atoms with Crippen molar-refractivity contribution in [1.82, 2.24) is 0 Å². The number of carboxylic acid groups (broad SMARTS) is 1. The summed E-state index contributed by atoms with van der Waals surface area (Å²) in [5, 5.41) is 20.7. The lowest BCUT2D eigenvalue weighted by molar-refractivity contribution is 0.0697. The molecule has 2 N–H and O–H groups in total. The number of benzene rings is 3. The van der Waals surface area contributed by atoms with E-state index in [-0.39, 0.29) is 16.4 Å². The molecule has 0 aliphatic carbocycles. The molecule has 4 heteroatoms. The first-order valence-electron chi connectivity index (χ1n) is 12.4. The number of carbonyl (C=O) groups is 1. The number of hydrogen-bond acceptors (Lipinski definition) is 3. The maximum atomic E-state index is 11.6. The number of hydrogen-bond donors (Lipinski definition) is 2. The van der Waals surface area contributed by atoms with E-state index in [4.69, 9.17) is 5.11 Å². The van der Waals surface area contributed by atoms with Gasteiger partial charge in [-0.2, -0.15) is 0 Å². The summed E-state index contributed by atoms with van der Waals surface area (Å²) in [6.45, 7) is 13.3. The van der Waals surface area contributed by atoms with Crippen molar-refractivity contribution in [2.45, 2.75) is 58.5 Å². The van der Waals surface area contributed by atoms with Crippen LogP contribution in [0.5, 0.6) is 0 Å². The minimum absolute atomic E-state index is 0.169. The van der Waals surface area contributed by atoms with Gasteiger partial charge in [0.15, 0.2) is 0 Å². The van der Waals surface area contributed by atoms with Gasteiger partial charge in [0.25, 0.3) is 0 Å². The van der Waals surface area contributed by atoms with Crippen LogP contribution in [-0.4, -0.2) is 30.3 Å². The van der Waals surface area contributed by atoms with E-state index in [0.29, 0.717) is 0 Å². The summed E-state index contributed by atoms with van der Waals surface area (Å²) < 4.78 is 0. The van der Waals surface area contributed by atoms with E-state index in [0.717, 1.165) is 27.8 Å². The highest BCUT2D eigenvalue weighted by Gasteiger charge is 2.34. The van der Waals surface area contributed by atoms with Crippen LogP contribution in [0.15, 0.2) is 66.7 Å². The van der Waals surface area contributed by atoms with Crippen LogP contribution in [-0.2, 0) is 10.8 Å². The molecule has 190 valence electrons. The number of rotatable bonds is 6. The van der Waals surface area contributed by atoms with Gasteiger partial charge in [0.05, 0.1) is 11.7 Å². The number of carboxylic acids is 1. The second-order valence-electron chi connectivity index (χ2n) is 11.6. The average molecular weight is 486 g/mol. The van der Waals surface area contributed by atoms with Gasteiger partial charge in [-0.1, -0.05) is 96.2 Å². The summed E-state index contributed by atoms with van der Waals surface area (Å²) in [5.74, 6) is -0.954. The van der Waals surface area contributed by atoms with Gasteiger partial charge in [-0.25, -0.2) is 4.79 Å². The van der Waals surface area contributed by atoms with E-state index < -0.39 is 12.1 Å². The summed E-state index contributed by atoms with van der Waals surface area (Å²) in [4.78, 5) is 13.4. The molecule has 0 aromatic heterocycles. The van der Waals surface area contributed by atoms with Crippen molar-refractivity contribution in [1.29, 1.82) is 0 Å². The second kappa shape index (κ2) is 10.3. The Bertz CT molecular complexity index is 1240. The van der Waals surface area contributed by atoms with Crippen LogP contribution < -0.4 is 4.90 Å². The molecular formula is C32H39NO3. The Morgan fingerprint density at radius 3 is 1.89 bits per heavy atom. The van der Waals surface area contributed by atoms with Crippen molar-refractivity contribution in [2.24, 2.45) is 0 Å². The Morgan fingerprint density at radius 2 is 1.42 bits per heavy atom. The lowest BCUT2D eigenvalue weighted by Crippen LogP contribution is -2.28. The maximum absolute atomic E-state index is 11.6. The van der Waals surface area contributed by atoms with Crippen molar-refractivity contribution in [3.05, 3.63) is 94.6 Å². The van der Waals surface area contributed by atoms with Crippen LogP contribution in [0.3, 0.4) is 0 Å². The summed E-state index contributed by atoms with van der Waals surface area (Å²) in [6, 6.07) is 19.1. The maximum Gasteiger partial charge on any atom is 0.335 e. The lowest BCUT2D eigenvalue weighted by Gasteiger charge is -2.38. The Balaban J connectivity index is 2.28. The summed E-state index contributed by atoms with van der Waals surface area (Å²) in [5.41, 5.74) is 7.32. The fourth-order valence-corrected chi connectivity index (χ4v) is 4.81. The quantitative estimate of drug-likeness (QED) is 0.380. The first-order valence-corrected chi connectivity index (χ1v) is 12.4. The molecule has 0 amide bonds. The predicted octanol–water partition coefficient (Wildman–Crippen LogP) is 7.46. The zero-order valence-electron chi connectivity index (χ0n) is 22.8. The van der Waals surface area contributed by atoms with Gasteiger partial charge >= 0.3 is 5.97 Å². The minimum Gasteiger partial charge on any atom is -0.478 e. The van der Waals surface area contributed by atoms with Gasteiger partial charge in [0.1, 0.15) is 0 Å². The van der Waals surface area contributed by atoms with Crippen molar-refractivity contribution >= 4 is 17.7 Å². The van der Waals surface area contributed by atoms with Crippen molar-refractivity contribution in [3.8, 4) is 11.1 Å². The van der Waals surface area contributed by atoms with E-state index >= 15 is 0 Å². The van der Waals surface area contributed by atoms with Crippen LogP contribution in [0, 0.1) is 0 Å². The molecule has 0 aliphatic heterocycles. The standard InChI is InChI=1S/C32H39NO3/c1-31(2,3)27-25(26(34)19-16-21-14-17-23(18-15-21)30(35)36)20-24(22-12-10-9-11-13-22)29(33(7)8)28(27)32(4,5)6/h9-20,26,34H,1-8H3,(H,35,36)/b19-16+. The molecule has 0 saturated carbocycles. The van der Waals surface area contributed by atoms with E-state index in [1.807, 2.05) is 24.3 Å². The predicted molar refractivity (Wildman–Crippen MR) is 151 cm³/mol. The molecule has 3 aromatic rings. The minimum atomic E-state index is -0.954. The SMILES string of the molecule is CN(C)c1c(-c2ccccc2)cc(C(O)/C=C/c2ccc(C(=O)O)cc2)c(C(C)(C)C)c1C(C)(C)C. The van der Waals surface area contributed by atoms with E-state index in [9.17, 15) is 9.90 Å². The summed E-state index contributed by atoms with van der Waals surface area (Å²) >= 11 is 0. The topological polar surface area (TPSA) is 60.8 Å². The molecule has 0 aliphatic rings.